The molecule has 0 aliphatic carbocycles. The Kier molecular flexibility index (Phi) is 3.20. The van der Waals surface area contributed by atoms with Crippen molar-refractivity contribution in [2.45, 2.75) is 25.9 Å². The average molecular weight is 234 g/mol. The highest BCUT2D eigenvalue weighted by molar-refractivity contribution is 7.54. The van der Waals surface area contributed by atoms with Gasteiger partial charge in [-0.3, -0.25) is 4.57 Å². The molecule has 6 heteroatoms. The Morgan fingerprint density at radius 1 is 1.20 bits per heavy atom. The SMILES string of the molecule is COCCOP(=O)(N1C[C@H]1C)N1C[C@H]1C. The third kappa shape index (κ3) is 2.27. The molecule has 15 heavy (non-hydrogen) atoms. The molecule has 2 aliphatic rings. The van der Waals surface area contributed by atoms with Crippen LogP contribution in [0.25, 0.3) is 0 Å². The summed E-state index contributed by atoms with van der Waals surface area (Å²) in [6.45, 7) is 6.80. The van der Waals surface area contributed by atoms with E-state index in [0.29, 0.717) is 25.3 Å². The van der Waals surface area contributed by atoms with Gasteiger partial charge in [-0.25, -0.2) is 9.34 Å². The molecule has 2 fully saturated rings. The first-order valence-corrected chi connectivity index (χ1v) is 6.90. The molecular formula is C9H19N2O3P. The molecule has 2 saturated heterocycles. The second kappa shape index (κ2) is 4.15. The Hall–Kier alpha value is 0.0700. The first-order valence-electron chi connectivity index (χ1n) is 5.37. The highest BCUT2D eigenvalue weighted by atomic mass is 31.2. The molecule has 0 aromatic carbocycles. The lowest BCUT2D eigenvalue weighted by Gasteiger charge is -2.20. The molecule has 0 N–H and O–H groups in total. The fraction of sp³-hybridized carbons (Fsp3) is 1.00. The standard InChI is InChI=1S/C9H19N2O3P/c1-8-6-10(8)15(12,11-7-9(11)2)14-5-4-13-3/h8-9H,4-7H2,1-3H3/t8-,9-,10?,11?,15?/m1/s1. The summed E-state index contributed by atoms with van der Waals surface area (Å²) in [5.41, 5.74) is 0. The van der Waals surface area contributed by atoms with Gasteiger partial charge in [0.05, 0.1) is 13.2 Å². The molecule has 5 nitrogen and oxygen atoms in total. The minimum Gasteiger partial charge on any atom is -0.382 e. The van der Waals surface area contributed by atoms with Gasteiger partial charge in [-0.15, -0.1) is 0 Å². The Labute approximate surface area is 90.9 Å². The van der Waals surface area contributed by atoms with Crippen molar-refractivity contribution in [2.75, 3.05) is 33.4 Å². The summed E-state index contributed by atoms with van der Waals surface area (Å²) >= 11 is 0. The molecular weight excluding hydrogens is 215 g/mol. The van der Waals surface area contributed by atoms with E-state index in [1.165, 1.54) is 0 Å². The van der Waals surface area contributed by atoms with Crippen LogP contribution in [0.5, 0.6) is 0 Å². The number of rotatable bonds is 6. The van der Waals surface area contributed by atoms with E-state index in [9.17, 15) is 4.57 Å². The van der Waals surface area contributed by atoms with Gasteiger partial charge in [-0.1, -0.05) is 0 Å². The summed E-state index contributed by atoms with van der Waals surface area (Å²) in [4.78, 5) is 0. The number of hydrogen-bond donors (Lipinski definition) is 0. The van der Waals surface area contributed by atoms with Gasteiger partial charge in [0.15, 0.2) is 0 Å². The summed E-state index contributed by atoms with van der Waals surface area (Å²) in [5.74, 6) is 0. The molecule has 0 amide bonds. The van der Waals surface area contributed by atoms with Crippen LogP contribution in [0.15, 0.2) is 0 Å². The second-order valence-electron chi connectivity index (χ2n) is 4.26. The van der Waals surface area contributed by atoms with Gasteiger partial charge in [0, 0.05) is 32.3 Å². The van der Waals surface area contributed by atoms with Gasteiger partial charge in [0.25, 0.3) is 0 Å². The van der Waals surface area contributed by atoms with E-state index in [2.05, 4.69) is 13.8 Å². The molecule has 2 rings (SSSR count). The molecule has 2 aliphatic heterocycles. The fourth-order valence-electron chi connectivity index (χ4n) is 1.69. The maximum atomic E-state index is 12.6. The van der Waals surface area contributed by atoms with E-state index in [4.69, 9.17) is 9.26 Å². The average Bonchev–Trinajstić information content (AvgIpc) is 3.05. The zero-order chi connectivity index (χ0) is 11.1. The van der Waals surface area contributed by atoms with Crippen LogP contribution in [0.1, 0.15) is 13.8 Å². The predicted molar refractivity (Wildman–Crippen MR) is 57.8 cm³/mol. The minimum absolute atomic E-state index is 0.395. The molecule has 0 spiro atoms. The van der Waals surface area contributed by atoms with Crippen molar-refractivity contribution in [2.24, 2.45) is 0 Å². The van der Waals surface area contributed by atoms with Crippen molar-refractivity contribution in [3.8, 4) is 0 Å². The van der Waals surface area contributed by atoms with Gasteiger partial charge in [0.1, 0.15) is 0 Å². The van der Waals surface area contributed by atoms with Crippen molar-refractivity contribution in [3.63, 3.8) is 0 Å². The van der Waals surface area contributed by atoms with Gasteiger partial charge >= 0.3 is 7.67 Å². The third-order valence-corrected chi connectivity index (χ3v) is 5.78. The first-order chi connectivity index (χ1) is 7.09. The Morgan fingerprint density at radius 3 is 2.00 bits per heavy atom. The van der Waals surface area contributed by atoms with Gasteiger partial charge in [-0.2, -0.15) is 0 Å². The summed E-state index contributed by atoms with van der Waals surface area (Å²) in [6, 6.07) is 0.789. The molecule has 0 aromatic rings. The molecule has 0 bridgehead atoms. The highest BCUT2D eigenvalue weighted by Crippen LogP contribution is 2.64. The second-order valence-corrected chi connectivity index (χ2v) is 6.53. The van der Waals surface area contributed by atoms with Crippen molar-refractivity contribution < 1.29 is 13.8 Å². The van der Waals surface area contributed by atoms with Crippen LogP contribution in [0.2, 0.25) is 0 Å². The van der Waals surface area contributed by atoms with E-state index in [1.54, 1.807) is 7.11 Å². The van der Waals surface area contributed by atoms with Crippen LogP contribution >= 0.6 is 7.67 Å². The lowest BCUT2D eigenvalue weighted by atomic mass is 10.6. The van der Waals surface area contributed by atoms with Gasteiger partial charge in [-0.05, 0) is 13.8 Å². The number of methoxy groups -OCH3 is 1. The molecule has 4 atom stereocenters. The van der Waals surface area contributed by atoms with Crippen LogP contribution in [-0.4, -0.2) is 54.8 Å². The third-order valence-electron chi connectivity index (χ3n) is 2.85. The number of nitrogens with zero attached hydrogens (tertiary/aromatic N) is 2. The summed E-state index contributed by atoms with van der Waals surface area (Å²) in [5, 5.41) is 0. The van der Waals surface area contributed by atoms with E-state index < -0.39 is 7.67 Å². The zero-order valence-corrected chi connectivity index (χ0v) is 10.4. The summed E-state index contributed by atoms with van der Waals surface area (Å²) in [7, 11) is -1.08. The van der Waals surface area contributed by atoms with Crippen LogP contribution < -0.4 is 0 Å². The maximum absolute atomic E-state index is 12.6. The fourth-order valence-corrected chi connectivity index (χ4v) is 4.47. The predicted octanol–water partition coefficient (Wildman–Crippen LogP) is 1.17. The van der Waals surface area contributed by atoms with Gasteiger partial charge < -0.3 is 9.26 Å². The van der Waals surface area contributed by atoms with Crippen LogP contribution in [0, 0.1) is 0 Å². The highest BCUT2D eigenvalue weighted by Gasteiger charge is 2.56. The lowest BCUT2D eigenvalue weighted by Crippen LogP contribution is -2.13. The molecule has 88 valence electrons. The van der Waals surface area contributed by atoms with Crippen molar-refractivity contribution in [1.29, 1.82) is 0 Å². The normalized spacial score (nSPS) is 42.3. The Balaban J connectivity index is 1.94. The Bertz CT molecular complexity index is 267. The molecule has 0 radical (unpaired) electrons. The van der Waals surface area contributed by atoms with Gasteiger partial charge in [0.2, 0.25) is 0 Å². The molecule has 0 saturated carbocycles. The van der Waals surface area contributed by atoms with Crippen LogP contribution in [0.3, 0.4) is 0 Å². The smallest absolute Gasteiger partial charge is 0.346 e. The largest absolute Gasteiger partial charge is 0.382 e. The molecule has 2 unspecified atom stereocenters. The number of ether oxygens (including phenoxy) is 1. The summed E-state index contributed by atoms with van der Waals surface area (Å²) < 4.78 is 27.0. The Morgan fingerprint density at radius 2 is 1.67 bits per heavy atom. The van der Waals surface area contributed by atoms with Crippen LogP contribution in [0.4, 0.5) is 0 Å². The quantitative estimate of drug-likeness (QED) is 0.392. The maximum Gasteiger partial charge on any atom is 0.346 e. The summed E-state index contributed by atoms with van der Waals surface area (Å²) in [6.07, 6.45) is 0. The van der Waals surface area contributed by atoms with Crippen molar-refractivity contribution >= 4 is 7.67 Å². The number of hydrogen-bond acceptors (Lipinski definition) is 3. The minimum atomic E-state index is -2.70. The molecule has 2 heterocycles. The van der Waals surface area contributed by atoms with Crippen molar-refractivity contribution in [1.82, 2.24) is 9.34 Å². The van der Waals surface area contributed by atoms with E-state index in [0.717, 1.165) is 13.1 Å². The monoisotopic (exact) mass is 234 g/mol. The zero-order valence-electron chi connectivity index (χ0n) is 9.55. The van der Waals surface area contributed by atoms with Crippen molar-refractivity contribution in [3.05, 3.63) is 0 Å². The van der Waals surface area contributed by atoms with E-state index in [1.807, 2.05) is 9.34 Å². The topological polar surface area (TPSA) is 41.5 Å². The first kappa shape index (κ1) is 11.6. The van der Waals surface area contributed by atoms with E-state index in [-0.39, 0.29) is 0 Å². The van der Waals surface area contributed by atoms with E-state index >= 15 is 0 Å². The lowest BCUT2D eigenvalue weighted by molar-refractivity contribution is 0.139. The van der Waals surface area contributed by atoms with Crippen LogP contribution in [-0.2, 0) is 13.8 Å². The molecule has 0 aromatic heterocycles.